The molecule has 3 aromatic rings. The number of thiazole rings is 1. The first-order valence-electron chi connectivity index (χ1n) is 7.66. The third kappa shape index (κ3) is 4.38. The lowest BCUT2D eigenvalue weighted by molar-refractivity contribution is -0.136. The number of rotatable bonds is 6. The summed E-state index contributed by atoms with van der Waals surface area (Å²) in [6.07, 6.45) is -0.101. The summed E-state index contributed by atoms with van der Waals surface area (Å²) in [6.45, 7) is 2.48. The van der Waals surface area contributed by atoms with Crippen molar-refractivity contribution in [3.05, 3.63) is 69.7 Å². The molecule has 0 fully saturated rings. The predicted octanol–water partition coefficient (Wildman–Crippen LogP) is 4.98. The normalized spacial score (nSPS) is 10.6. The molecule has 0 aliphatic rings. The van der Waals surface area contributed by atoms with E-state index >= 15 is 0 Å². The van der Waals surface area contributed by atoms with Gasteiger partial charge in [-0.05, 0) is 36.2 Å². The molecule has 0 amide bonds. The lowest BCUT2D eigenvalue weighted by Crippen LogP contribution is -2.00. The maximum absolute atomic E-state index is 10.8. The summed E-state index contributed by atoms with van der Waals surface area (Å²) in [5.74, 6) is -0.233. The number of benzene rings is 2. The average Bonchev–Trinajstić information content (AvgIpc) is 3.02. The average molecular weight is 374 g/mol. The van der Waals surface area contributed by atoms with E-state index in [1.54, 1.807) is 17.5 Å². The molecule has 0 spiro atoms. The first-order chi connectivity index (χ1) is 12.0. The zero-order chi connectivity index (χ0) is 17.8. The van der Waals surface area contributed by atoms with Gasteiger partial charge in [-0.25, -0.2) is 4.98 Å². The van der Waals surface area contributed by atoms with Gasteiger partial charge in [-0.15, -0.1) is 11.3 Å². The number of nitrogens with zero attached hydrogens (tertiary/aromatic N) is 1. The first-order valence-corrected chi connectivity index (χ1v) is 8.92. The molecule has 0 bridgehead atoms. The molecule has 1 heterocycles. The topological polar surface area (TPSA) is 59.4 Å². The van der Waals surface area contributed by atoms with Crippen molar-refractivity contribution in [3.63, 3.8) is 0 Å². The number of halogens is 1. The first kappa shape index (κ1) is 17.5. The van der Waals surface area contributed by atoms with Crippen LogP contribution in [-0.2, 0) is 17.8 Å². The van der Waals surface area contributed by atoms with Crippen LogP contribution < -0.4 is 4.74 Å². The molecule has 0 saturated heterocycles. The van der Waals surface area contributed by atoms with E-state index in [4.69, 9.17) is 21.4 Å². The molecule has 25 heavy (non-hydrogen) atoms. The van der Waals surface area contributed by atoms with E-state index in [1.807, 2.05) is 37.3 Å². The monoisotopic (exact) mass is 373 g/mol. The van der Waals surface area contributed by atoms with Crippen molar-refractivity contribution < 1.29 is 14.6 Å². The van der Waals surface area contributed by atoms with Crippen LogP contribution in [-0.4, -0.2) is 16.1 Å². The largest absolute Gasteiger partial charge is 0.488 e. The van der Waals surface area contributed by atoms with E-state index in [0.29, 0.717) is 28.1 Å². The predicted molar refractivity (Wildman–Crippen MR) is 99.4 cm³/mol. The highest BCUT2D eigenvalue weighted by Crippen LogP contribution is 2.35. The zero-order valence-corrected chi connectivity index (χ0v) is 15.1. The van der Waals surface area contributed by atoms with Gasteiger partial charge < -0.3 is 9.84 Å². The van der Waals surface area contributed by atoms with Gasteiger partial charge in [0.2, 0.25) is 0 Å². The Labute approximate surface area is 154 Å². The summed E-state index contributed by atoms with van der Waals surface area (Å²) in [4.78, 5) is 15.2. The van der Waals surface area contributed by atoms with Gasteiger partial charge in [-0.2, -0.15) is 0 Å². The van der Waals surface area contributed by atoms with Crippen LogP contribution >= 0.6 is 22.9 Å². The Morgan fingerprint density at radius 2 is 2.08 bits per heavy atom. The van der Waals surface area contributed by atoms with Crippen LogP contribution in [0.2, 0.25) is 5.02 Å². The Hall–Kier alpha value is -2.37. The van der Waals surface area contributed by atoms with Crippen LogP contribution in [0.15, 0.2) is 47.8 Å². The summed E-state index contributed by atoms with van der Waals surface area (Å²) in [6, 6.07) is 13.4. The second kappa shape index (κ2) is 7.68. The van der Waals surface area contributed by atoms with Gasteiger partial charge in [0.15, 0.2) is 0 Å². The van der Waals surface area contributed by atoms with Crippen LogP contribution in [0.4, 0.5) is 0 Å². The second-order valence-corrected chi connectivity index (χ2v) is 6.86. The quantitative estimate of drug-likeness (QED) is 0.662. The minimum atomic E-state index is -0.904. The molecule has 3 rings (SSSR count). The molecule has 0 unspecified atom stereocenters. The standard InChI is InChI=1S/C19H16ClNO3S/c1-12-4-2-3-5-13(12)10-24-17-7-6-14(20)8-16(17)19-21-15(11-25-19)9-18(22)23/h2-8,11H,9-10H2,1H3,(H,22,23). The van der Waals surface area contributed by atoms with Crippen molar-refractivity contribution in [2.24, 2.45) is 0 Å². The van der Waals surface area contributed by atoms with Gasteiger partial charge >= 0.3 is 5.97 Å². The minimum Gasteiger partial charge on any atom is -0.488 e. The number of carboxylic acids is 1. The molecule has 2 aromatic carbocycles. The van der Waals surface area contributed by atoms with Gasteiger partial charge in [0, 0.05) is 10.4 Å². The molecule has 0 aliphatic heterocycles. The highest BCUT2D eigenvalue weighted by molar-refractivity contribution is 7.13. The van der Waals surface area contributed by atoms with Crippen LogP contribution in [0.5, 0.6) is 5.75 Å². The van der Waals surface area contributed by atoms with Crippen LogP contribution in [0.3, 0.4) is 0 Å². The third-order valence-electron chi connectivity index (χ3n) is 3.70. The fourth-order valence-electron chi connectivity index (χ4n) is 2.39. The van der Waals surface area contributed by atoms with E-state index in [-0.39, 0.29) is 6.42 Å². The highest BCUT2D eigenvalue weighted by atomic mass is 35.5. The van der Waals surface area contributed by atoms with E-state index in [1.165, 1.54) is 11.3 Å². The van der Waals surface area contributed by atoms with Crippen molar-refractivity contribution in [2.75, 3.05) is 0 Å². The Morgan fingerprint density at radius 3 is 2.84 bits per heavy atom. The number of hydrogen-bond acceptors (Lipinski definition) is 4. The number of aromatic nitrogens is 1. The molecule has 128 valence electrons. The number of aliphatic carboxylic acids is 1. The Bertz CT molecular complexity index is 907. The van der Waals surface area contributed by atoms with Crippen LogP contribution in [0.1, 0.15) is 16.8 Å². The van der Waals surface area contributed by atoms with Gasteiger partial charge in [0.1, 0.15) is 17.4 Å². The molecule has 0 atom stereocenters. The van der Waals surface area contributed by atoms with Gasteiger partial charge in [-0.1, -0.05) is 35.9 Å². The van der Waals surface area contributed by atoms with Gasteiger partial charge in [0.05, 0.1) is 17.7 Å². The summed E-state index contributed by atoms with van der Waals surface area (Å²) in [5, 5.41) is 11.9. The van der Waals surface area contributed by atoms with E-state index in [2.05, 4.69) is 4.98 Å². The minimum absolute atomic E-state index is 0.101. The third-order valence-corrected chi connectivity index (χ3v) is 4.86. The number of hydrogen-bond donors (Lipinski definition) is 1. The summed E-state index contributed by atoms with van der Waals surface area (Å²) >= 11 is 7.51. The molecule has 4 nitrogen and oxygen atoms in total. The van der Waals surface area contributed by atoms with Gasteiger partial charge in [-0.3, -0.25) is 4.79 Å². The van der Waals surface area contributed by atoms with Crippen molar-refractivity contribution in [1.29, 1.82) is 0 Å². The maximum Gasteiger partial charge on any atom is 0.309 e. The summed E-state index contributed by atoms with van der Waals surface area (Å²) in [7, 11) is 0. The van der Waals surface area contributed by atoms with E-state index in [0.717, 1.165) is 16.7 Å². The Morgan fingerprint density at radius 1 is 1.28 bits per heavy atom. The molecule has 0 aliphatic carbocycles. The SMILES string of the molecule is Cc1ccccc1COc1ccc(Cl)cc1-c1nc(CC(=O)O)cs1. The molecule has 0 saturated carbocycles. The zero-order valence-electron chi connectivity index (χ0n) is 13.5. The number of ether oxygens (including phenoxy) is 1. The molecule has 1 N–H and O–H groups in total. The number of aryl methyl sites for hydroxylation is 1. The van der Waals surface area contributed by atoms with Crippen molar-refractivity contribution in [2.45, 2.75) is 20.0 Å². The number of carbonyl (C=O) groups is 1. The van der Waals surface area contributed by atoms with Crippen molar-refractivity contribution in [1.82, 2.24) is 4.98 Å². The summed E-state index contributed by atoms with van der Waals surface area (Å²) < 4.78 is 6.00. The molecular weight excluding hydrogens is 358 g/mol. The van der Waals surface area contributed by atoms with Crippen LogP contribution in [0.25, 0.3) is 10.6 Å². The fraction of sp³-hybridized carbons (Fsp3) is 0.158. The smallest absolute Gasteiger partial charge is 0.309 e. The fourth-order valence-corrected chi connectivity index (χ4v) is 3.40. The van der Waals surface area contributed by atoms with E-state index < -0.39 is 5.97 Å². The Kier molecular flexibility index (Phi) is 5.36. The highest BCUT2D eigenvalue weighted by Gasteiger charge is 2.13. The molecular formula is C19H16ClNO3S. The van der Waals surface area contributed by atoms with Crippen LogP contribution in [0, 0.1) is 6.92 Å². The van der Waals surface area contributed by atoms with Crippen molar-refractivity contribution >= 4 is 28.9 Å². The molecule has 1 aromatic heterocycles. The lowest BCUT2D eigenvalue weighted by Gasteiger charge is -2.12. The molecule has 6 heteroatoms. The van der Waals surface area contributed by atoms with E-state index in [9.17, 15) is 4.79 Å². The summed E-state index contributed by atoms with van der Waals surface area (Å²) in [5.41, 5.74) is 3.56. The molecule has 0 radical (unpaired) electrons. The number of carboxylic acid groups (broad SMARTS) is 1. The Balaban J connectivity index is 1.86. The van der Waals surface area contributed by atoms with Gasteiger partial charge in [0.25, 0.3) is 0 Å². The second-order valence-electron chi connectivity index (χ2n) is 5.57. The van der Waals surface area contributed by atoms with Crippen molar-refractivity contribution in [3.8, 4) is 16.3 Å². The maximum atomic E-state index is 10.8. The lowest BCUT2D eigenvalue weighted by atomic mass is 10.1.